The Balaban J connectivity index is 2.01. The number of hydrogen-bond acceptors (Lipinski definition) is 2. The molecule has 4 rings (SSSR count). The first-order valence-electron chi connectivity index (χ1n) is 9.22. The van der Waals surface area contributed by atoms with Gasteiger partial charge in [0.15, 0.2) is 11.8 Å². The van der Waals surface area contributed by atoms with Gasteiger partial charge in [0.05, 0.1) is 5.56 Å². The molecule has 0 aliphatic heterocycles. The van der Waals surface area contributed by atoms with Gasteiger partial charge in [0.25, 0.3) is 0 Å². The first-order chi connectivity index (χ1) is 12.4. The van der Waals surface area contributed by atoms with Crippen LogP contribution in [0, 0.1) is 19.8 Å². The van der Waals surface area contributed by atoms with Gasteiger partial charge in [-0.2, -0.15) is 0 Å². The lowest BCUT2D eigenvalue weighted by molar-refractivity contribution is -0.660. The van der Waals surface area contributed by atoms with Crippen molar-refractivity contribution in [1.29, 1.82) is 0 Å². The zero-order valence-electron chi connectivity index (χ0n) is 16.1. The van der Waals surface area contributed by atoms with E-state index in [0.29, 0.717) is 5.92 Å². The standard InChI is InChI=1S/C23H25N2O/c1-14(2)12-17-7-9-19-18-8-6-16(4)21(22(18)26-23(19)24-17)20-13-15(3)10-11-25(20)5/h6-11,13-14H,12H2,1-5H3/q+1. The maximum absolute atomic E-state index is 6.31. The van der Waals surface area contributed by atoms with Crippen molar-refractivity contribution in [3.8, 4) is 11.3 Å². The van der Waals surface area contributed by atoms with Crippen LogP contribution < -0.4 is 4.57 Å². The highest BCUT2D eigenvalue weighted by Crippen LogP contribution is 2.36. The molecule has 3 nitrogen and oxygen atoms in total. The molecule has 0 radical (unpaired) electrons. The molecule has 4 aromatic rings. The number of benzene rings is 1. The molecular weight excluding hydrogens is 320 g/mol. The van der Waals surface area contributed by atoms with Gasteiger partial charge < -0.3 is 4.42 Å². The summed E-state index contributed by atoms with van der Waals surface area (Å²) in [4.78, 5) is 4.78. The molecule has 1 aromatic carbocycles. The number of furan rings is 1. The molecule has 0 aliphatic rings. The van der Waals surface area contributed by atoms with E-state index in [2.05, 4.69) is 81.9 Å². The van der Waals surface area contributed by atoms with Crippen LogP contribution in [0.3, 0.4) is 0 Å². The molecule has 0 unspecified atom stereocenters. The van der Waals surface area contributed by atoms with Gasteiger partial charge >= 0.3 is 0 Å². The Bertz CT molecular complexity index is 1120. The molecule has 0 N–H and O–H groups in total. The number of pyridine rings is 2. The first kappa shape index (κ1) is 16.8. The SMILES string of the molecule is Cc1cc[n+](C)c(-c2c(C)ccc3c2oc2nc(CC(C)C)ccc23)c1. The minimum absolute atomic E-state index is 0.577. The fourth-order valence-corrected chi connectivity index (χ4v) is 3.63. The van der Waals surface area contributed by atoms with Crippen LogP contribution in [0.2, 0.25) is 0 Å². The van der Waals surface area contributed by atoms with E-state index in [4.69, 9.17) is 9.40 Å². The second kappa shape index (κ2) is 6.24. The summed E-state index contributed by atoms with van der Waals surface area (Å²) < 4.78 is 8.46. The minimum atomic E-state index is 0.577. The highest BCUT2D eigenvalue weighted by Gasteiger charge is 2.21. The van der Waals surface area contributed by atoms with Crippen LogP contribution in [0.5, 0.6) is 0 Å². The van der Waals surface area contributed by atoms with Gasteiger partial charge in [0.2, 0.25) is 11.4 Å². The van der Waals surface area contributed by atoms with Crippen molar-refractivity contribution in [2.45, 2.75) is 34.1 Å². The number of hydrogen-bond donors (Lipinski definition) is 0. The summed E-state index contributed by atoms with van der Waals surface area (Å²) in [6.45, 7) is 8.69. The average Bonchev–Trinajstić information content (AvgIpc) is 2.94. The van der Waals surface area contributed by atoms with Crippen LogP contribution in [0.1, 0.15) is 30.7 Å². The summed E-state index contributed by atoms with van der Waals surface area (Å²) in [5.74, 6) is 0.577. The summed E-state index contributed by atoms with van der Waals surface area (Å²) in [6.07, 6.45) is 3.07. The first-order valence-corrected chi connectivity index (χ1v) is 9.22. The number of rotatable bonds is 3. The van der Waals surface area contributed by atoms with Crippen LogP contribution in [-0.2, 0) is 13.5 Å². The van der Waals surface area contributed by atoms with Crippen LogP contribution in [-0.4, -0.2) is 4.98 Å². The summed E-state index contributed by atoms with van der Waals surface area (Å²) >= 11 is 0. The van der Waals surface area contributed by atoms with Crippen LogP contribution >= 0.6 is 0 Å². The zero-order valence-corrected chi connectivity index (χ0v) is 16.1. The molecule has 3 heteroatoms. The normalized spacial score (nSPS) is 11.8. The van der Waals surface area contributed by atoms with E-state index in [1.165, 1.54) is 11.1 Å². The van der Waals surface area contributed by atoms with Crippen molar-refractivity contribution < 1.29 is 8.98 Å². The molecule has 0 bridgehead atoms. The van der Waals surface area contributed by atoms with Crippen LogP contribution in [0.15, 0.2) is 47.0 Å². The molecule has 26 heavy (non-hydrogen) atoms. The van der Waals surface area contributed by atoms with Gasteiger partial charge in [-0.3, -0.25) is 0 Å². The molecule has 132 valence electrons. The predicted octanol–water partition coefficient (Wildman–Crippen LogP) is 5.29. The molecule has 0 atom stereocenters. The molecule has 0 saturated heterocycles. The Morgan fingerprint density at radius 2 is 1.81 bits per heavy atom. The Hall–Kier alpha value is -2.68. The fraction of sp³-hybridized carbons (Fsp3) is 0.304. The van der Waals surface area contributed by atoms with E-state index in [1.807, 2.05) is 0 Å². The van der Waals surface area contributed by atoms with Crippen LogP contribution in [0.4, 0.5) is 0 Å². The maximum Gasteiger partial charge on any atom is 0.227 e. The van der Waals surface area contributed by atoms with Crippen molar-refractivity contribution in [2.24, 2.45) is 13.0 Å². The molecular formula is C23H25N2O+. The molecule has 0 aliphatic carbocycles. The van der Waals surface area contributed by atoms with E-state index in [1.54, 1.807) is 0 Å². The highest BCUT2D eigenvalue weighted by atomic mass is 16.3. The summed E-state index contributed by atoms with van der Waals surface area (Å²) in [7, 11) is 2.08. The van der Waals surface area contributed by atoms with E-state index in [9.17, 15) is 0 Å². The number of aryl methyl sites for hydroxylation is 3. The fourth-order valence-electron chi connectivity index (χ4n) is 3.63. The smallest absolute Gasteiger partial charge is 0.227 e. The number of nitrogens with zero attached hydrogens (tertiary/aromatic N) is 2. The zero-order chi connectivity index (χ0) is 18.4. The van der Waals surface area contributed by atoms with Gasteiger partial charge in [-0.25, -0.2) is 9.55 Å². The van der Waals surface area contributed by atoms with Crippen molar-refractivity contribution >= 4 is 22.1 Å². The lowest BCUT2D eigenvalue weighted by Gasteiger charge is -2.06. The molecule has 0 saturated carbocycles. The third-order valence-electron chi connectivity index (χ3n) is 4.95. The highest BCUT2D eigenvalue weighted by molar-refractivity contribution is 6.08. The van der Waals surface area contributed by atoms with Crippen molar-refractivity contribution in [3.05, 3.63) is 59.4 Å². The Morgan fingerprint density at radius 1 is 1.04 bits per heavy atom. The van der Waals surface area contributed by atoms with E-state index >= 15 is 0 Å². The van der Waals surface area contributed by atoms with Gasteiger partial charge in [0, 0.05) is 28.6 Å². The summed E-state index contributed by atoms with van der Waals surface area (Å²) in [6, 6.07) is 12.9. The lowest BCUT2D eigenvalue weighted by Crippen LogP contribution is -2.30. The largest absolute Gasteiger partial charge is 0.437 e. The quantitative estimate of drug-likeness (QED) is 0.472. The Labute approximate surface area is 154 Å². The Kier molecular flexibility index (Phi) is 4.03. The van der Waals surface area contributed by atoms with Gasteiger partial charge in [-0.05, 0) is 49.4 Å². The molecule has 3 heterocycles. The van der Waals surface area contributed by atoms with Gasteiger partial charge in [0.1, 0.15) is 7.05 Å². The lowest BCUT2D eigenvalue weighted by atomic mass is 10.00. The Morgan fingerprint density at radius 3 is 2.58 bits per heavy atom. The van der Waals surface area contributed by atoms with E-state index < -0.39 is 0 Å². The van der Waals surface area contributed by atoms with Crippen molar-refractivity contribution in [1.82, 2.24) is 4.98 Å². The number of fused-ring (bicyclic) bond motifs is 3. The number of aromatic nitrogens is 2. The third-order valence-corrected chi connectivity index (χ3v) is 4.95. The predicted molar refractivity (Wildman–Crippen MR) is 106 cm³/mol. The van der Waals surface area contributed by atoms with E-state index in [-0.39, 0.29) is 0 Å². The van der Waals surface area contributed by atoms with Gasteiger partial charge in [-0.15, -0.1) is 0 Å². The second-order valence-corrected chi connectivity index (χ2v) is 7.69. The minimum Gasteiger partial charge on any atom is -0.437 e. The summed E-state index contributed by atoms with van der Waals surface area (Å²) in [5.41, 5.74) is 7.51. The van der Waals surface area contributed by atoms with Crippen molar-refractivity contribution in [3.63, 3.8) is 0 Å². The monoisotopic (exact) mass is 345 g/mol. The molecule has 0 fully saturated rings. The van der Waals surface area contributed by atoms with Crippen molar-refractivity contribution in [2.75, 3.05) is 0 Å². The summed E-state index contributed by atoms with van der Waals surface area (Å²) in [5, 5.41) is 2.22. The van der Waals surface area contributed by atoms with Gasteiger partial charge in [-0.1, -0.05) is 26.0 Å². The molecule has 3 aromatic heterocycles. The maximum atomic E-state index is 6.31. The molecule has 0 amide bonds. The molecule has 0 spiro atoms. The average molecular weight is 345 g/mol. The van der Waals surface area contributed by atoms with E-state index in [0.717, 1.165) is 45.4 Å². The van der Waals surface area contributed by atoms with Crippen LogP contribution in [0.25, 0.3) is 33.3 Å². The second-order valence-electron chi connectivity index (χ2n) is 7.69. The topological polar surface area (TPSA) is 29.9 Å². The third kappa shape index (κ3) is 2.78.